The molecule has 112 valence electrons. The van der Waals surface area contributed by atoms with Crippen LogP contribution in [0.25, 0.3) is 0 Å². The van der Waals surface area contributed by atoms with Crippen LogP contribution in [0.3, 0.4) is 0 Å². The van der Waals surface area contributed by atoms with E-state index in [9.17, 15) is 4.79 Å². The minimum absolute atomic E-state index is 0.00489. The van der Waals surface area contributed by atoms with E-state index in [2.05, 4.69) is 43.0 Å². The molecule has 1 saturated heterocycles. The summed E-state index contributed by atoms with van der Waals surface area (Å²) in [6.45, 7) is 5.16. The van der Waals surface area contributed by atoms with Gasteiger partial charge in [0.2, 0.25) is 5.91 Å². The molecule has 2 atom stereocenters. The first kappa shape index (κ1) is 14.6. The molecule has 3 nitrogen and oxygen atoms in total. The molecule has 0 radical (unpaired) electrons. The number of rotatable bonds is 3. The van der Waals surface area contributed by atoms with Gasteiger partial charge in [-0.1, -0.05) is 0 Å². The molecule has 3 heterocycles. The highest BCUT2D eigenvalue weighted by atomic mass is 32.1. The van der Waals surface area contributed by atoms with Crippen LogP contribution >= 0.6 is 22.7 Å². The Bertz CT molecular complexity index is 646. The summed E-state index contributed by atoms with van der Waals surface area (Å²) in [5, 5.41) is 1.30. The van der Waals surface area contributed by atoms with Crippen molar-refractivity contribution in [3.05, 3.63) is 38.9 Å². The van der Waals surface area contributed by atoms with Gasteiger partial charge in [0.05, 0.1) is 11.0 Å². The van der Waals surface area contributed by atoms with E-state index < -0.39 is 0 Å². The van der Waals surface area contributed by atoms with Gasteiger partial charge >= 0.3 is 0 Å². The lowest BCUT2D eigenvalue weighted by Crippen LogP contribution is -2.40. The number of primary amides is 1. The average Bonchev–Trinajstić information content (AvgIpc) is 3.07. The Morgan fingerprint density at radius 2 is 1.90 bits per heavy atom. The maximum atomic E-state index is 11.6. The van der Waals surface area contributed by atoms with Gasteiger partial charge in [0.25, 0.3) is 0 Å². The number of piperidine rings is 1. The average molecular weight is 320 g/mol. The number of amides is 1. The molecule has 2 N–H and O–H groups in total. The van der Waals surface area contributed by atoms with Gasteiger partial charge in [0, 0.05) is 27.1 Å². The van der Waals surface area contributed by atoms with Crippen molar-refractivity contribution >= 4 is 33.6 Å². The number of thiophene rings is 2. The molecule has 2 unspecified atom stereocenters. The summed E-state index contributed by atoms with van der Waals surface area (Å²) in [6, 6.07) is 8.98. The number of carbonyl (C=O) groups excluding carboxylic acids is 1. The Balaban J connectivity index is 1.92. The molecule has 1 aliphatic rings. The largest absolute Gasteiger partial charge is 0.369 e. The van der Waals surface area contributed by atoms with E-state index >= 15 is 0 Å². The molecule has 1 aliphatic heterocycles. The smallest absolute Gasteiger partial charge is 0.220 e. The van der Waals surface area contributed by atoms with Crippen LogP contribution < -0.4 is 10.6 Å². The number of hydrogen-bond donors (Lipinski definition) is 1. The lowest BCUT2D eigenvalue weighted by atomic mass is 9.89. The number of anilines is 1. The highest BCUT2D eigenvalue weighted by Gasteiger charge is 2.33. The van der Waals surface area contributed by atoms with Crippen LogP contribution in [0.1, 0.15) is 33.5 Å². The third-order valence-electron chi connectivity index (χ3n) is 4.10. The van der Waals surface area contributed by atoms with Crippen molar-refractivity contribution in [3.63, 3.8) is 0 Å². The fourth-order valence-electron chi connectivity index (χ4n) is 2.97. The van der Waals surface area contributed by atoms with Gasteiger partial charge in [-0.2, -0.15) is 0 Å². The minimum Gasteiger partial charge on any atom is -0.369 e. The maximum Gasteiger partial charge on any atom is 0.220 e. The Morgan fingerprint density at radius 1 is 1.19 bits per heavy atom. The van der Waals surface area contributed by atoms with Crippen molar-refractivity contribution in [2.75, 3.05) is 11.4 Å². The van der Waals surface area contributed by atoms with Crippen molar-refractivity contribution in [2.24, 2.45) is 11.7 Å². The third kappa shape index (κ3) is 2.99. The fourth-order valence-corrected chi connectivity index (χ4v) is 4.91. The SMILES string of the molecule is Cc1ccc(C2CC(C(N)=O)CCN2c2ccc(C)s2)s1. The fraction of sp³-hybridized carbons (Fsp3) is 0.438. The van der Waals surface area contributed by atoms with Crippen LogP contribution in [0.5, 0.6) is 0 Å². The molecule has 0 saturated carbocycles. The lowest BCUT2D eigenvalue weighted by Gasteiger charge is -2.39. The van der Waals surface area contributed by atoms with Gasteiger partial charge in [-0.05, 0) is 51.0 Å². The minimum atomic E-state index is -0.157. The Hall–Kier alpha value is -1.33. The first-order valence-electron chi connectivity index (χ1n) is 7.23. The summed E-state index contributed by atoms with van der Waals surface area (Å²) < 4.78 is 0. The van der Waals surface area contributed by atoms with Crippen LogP contribution in [0.4, 0.5) is 5.00 Å². The topological polar surface area (TPSA) is 46.3 Å². The van der Waals surface area contributed by atoms with Gasteiger partial charge in [-0.15, -0.1) is 22.7 Å². The lowest BCUT2D eigenvalue weighted by molar-refractivity contribution is -0.122. The van der Waals surface area contributed by atoms with Gasteiger partial charge in [-0.25, -0.2) is 0 Å². The summed E-state index contributed by atoms with van der Waals surface area (Å²) in [5.41, 5.74) is 5.55. The molecule has 1 fully saturated rings. The first-order valence-corrected chi connectivity index (χ1v) is 8.86. The van der Waals surface area contributed by atoms with E-state index in [0.717, 1.165) is 19.4 Å². The van der Waals surface area contributed by atoms with E-state index in [1.54, 1.807) is 0 Å². The molecule has 2 aromatic heterocycles. The number of nitrogens with zero attached hydrogens (tertiary/aromatic N) is 1. The van der Waals surface area contributed by atoms with Crippen LogP contribution in [0.15, 0.2) is 24.3 Å². The second-order valence-electron chi connectivity index (χ2n) is 5.67. The van der Waals surface area contributed by atoms with Gasteiger partial charge in [0.1, 0.15) is 0 Å². The molecule has 0 aliphatic carbocycles. The zero-order chi connectivity index (χ0) is 15.0. The highest BCUT2D eigenvalue weighted by molar-refractivity contribution is 7.16. The van der Waals surface area contributed by atoms with E-state index in [1.807, 2.05) is 22.7 Å². The molecule has 3 rings (SSSR count). The highest BCUT2D eigenvalue weighted by Crippen LogP contribution is 2.42. The summed E-state index contributed by atoms with van der Waals surface area (Å²) in [6.07, 6.45) is 1.68. The molecule has 0 aromatic carbocycles. The van der Waals surface area contributed by atoms with Crippen LogP contribution in [0, 0.1) is 19.8 Å². The molecule has 0 spiro atoms. The molecule has 21 heavy (non-hydrogen) atoms. The second-order valence-corrected chi connectivity index (χ2v) is 8.25. The quantitative estimate of drug-likeness (QED) is 0.933. The second kappa shape index (κ2) is 5.81. The number of aryl methyl sites for hydroxylation is 2. The maximum absolute atomic E-state index is 11.6. The van der Waals surface area contributed by atoms with Gasteiger partial charge < -0.3 is 10.6 Å². The van der Waals surface area contributed by atoms with Gasteiger partial charge in [-0.3, -0.25) is 4.79 Å². The summed E-state index contributed by atoms with van der Waals surface area (Å²) in [7, 11) is 0. The zero-order valence-electron chi connectivity index (χ0n) is 12.3. The van der Waals surface area contributed by atoms with E-state index in [4.69, 9.17) is 5.73 Å². The standard InChI is InChI=1S/C16H20N2OS2/c1-10-3-5-14(20-10)13-9-12(16(17)19)7-8-18(13)15-6-4-11(2)21-15/h3-6,12-13H,7-9H2,1-2H3,(H2,17,19). The van der Waals surface area contributed by atoms with Crippen LogP contribution in [0.2, 0.25) is 0 Å². The number of carbonyl (C=O) groups is 1. The molecular weight excluding hydrogens is 300 g/mol. The Kier molecular flexibility index (Phi) is 4.04. The van der Waals surface area contributed by atoms with E-state index in [-0.39, 0.29) is 17.9 Å². The molecule has 1 amide bonds. The molecule has 0 bridgehead atoms. The van der Waals surface area contributed by atoms with Crippen molar-refractivity contribution in [1.29, 1.82) is 0 Å². The van der Waals surface area contributed by atoms with E-state index in [1.165, 1.54) is 19.6 Å². The molecule has 5 heteroatoms. The number of nitrogens with two attached hydrogens (primary N) is 1. The predicted molar refractivity (Wildman–Crippen MR) is 90.1 cm³/mol. The van der Waals surface area contributed by atoms with Crippen molar-refractivity contribution in [3.8, 4) is 0 Å². The summed E-state index contributed by atoms with van der Waals surface area (Å²) in [5.74, 6) is -0.162. The first-order chi connectivity index (χ1) is 10.0. The summed E-state index contributed by atoms with van der Waals surface area (Å²) in [4.78, 5) is 18.0. The van der Waals surface area contributed by atoms with Crippen LogP contribution in [-0.4, -0.2) is 12.5 Å². The third-order valence-corrected chi connectivity index (χ3v) is 6.24. The van der Waals surface area contributed by atoms with E-state index in [0.29, 0.717) is 0 Å². The van der Waals surface area contributed by atoms with Crippen molar-refractivity contribution in [1.82, 2.24) is 0 Å². The summed E-state index contributed by atoms with van der Waals surface area (Å²) >= 11 is 3.65. The predicted octanol–water partition coefficient (Wildman–Crippen LogP) is 3.87. The number of hydrogen-bond acceptors (Lipinski definition) is 4. The molecular formula is C16H20N2OS2. The normalized spacial score (nSPS) is 22.5. The van der Waals surface area contributed by atoms with Crippen molar-refractivity contribution < 1.29 is 4.79 Å². The Labute approximate surface area is 133 Å². The molecule has 2 aromatic rings. The zero-order valence-corrected chi connectivity index (χ0v) is 14.0. The monoisotopic (exact) mass is 320 g/mol. The van der Waals surface area contributed by atoms with Crippen LogP contribution in [-0.2, 0) is 4.79 Å². The van der Waals surface area contributed by atoms with Gasteiger partial charge in [0.15, 0.2) is 0 Å². The van der Waals surface area contributed by atoms with Crippen molar-refractivity contribution in [2.45, 2.75) is 32.7 Å². The Morgan fingerprint density at radius 3 is 2.48 bits per heavy atom.